The standard InChI is InChI=1S/C10H6FNO2/c11-9-4-2-1-3-8(9)7(6-12)5-10(13)14/h1-5H,(H,13,14)/b7-5-. The summed E-state index contributed by atoms with van der Waals surface area (Å²) in [7, 11) is 0. The summed E-state index contributed by atoms with van der Waals surface area (Å²) < 4.78 is 13.1. The normalized spacial score (nSPS) is 10.7. The maximum absolute atomic E-state index is 13.1. The molecule has 0 heterocycles. The van der Waals surface area contributed by atoms with Crippen molar-refractivity contribution >= 4 is 11.5 Å². The molecule has 0 amide bonds. The smallest absolute Gasteiger partial charge is 0.329 e. The van der Waals surface area contributed by atoms with Gasteiger partial charge in [0.05, 0.1) is 5.57 Å². The summed E-state index contributed by atoms with van der Waals surface area (Å²) in [6.07, 6.45) is 0.679. The maximum Gasteiger partial charge on any atom is 0.329 e. The van der Waals surface area contributed by atoms with Crippen molar-refractivity contribution in [3.8, 4) is 6.07 Å². The van der Waals surface area contributed by atoms with Crippen molar-refractivity contribution in [3.63, 3.8) is 0 Å². The van der Waals surface area contributed by atoms with E-state index in [2.05, 4.69) is 0 Å². The molecule has 0 aliphatic carbocycles. The Morgan fingerprint density at radius 1 is 1.50 bits per heavy atom. The molecule has 1 N–H and O–H groups in total. The van der Waals surface area contributed by atoms with Gasteiger partial charge in [-0.2, -0.15) is 5.26 Å². The molecule has 4 heteroatoms. The van der Waals surface area contributed by atoms with Crippen LogP contribution in [0.1, 0.15) is 5.56 Å². The summed E-state index contributed by atoms with van der Waals surface area (Å²) >= 11 is 0. The van der Waals surface area contributed by atoms with E-state index in [0.29, 0.717) is 6.08 Å². The van der Waals surface area contributed by atoms with Gasteiger partial charge in [-0.1, -0.05) is 18.2 Å². The molecule has 0 radical (unpaired) electrons. The van der Waals surface area contributed by atoms with E-state index in [1.807, 2.05) is 0 Å². The van der Waals surface area contributed by atoms with Crippen molar-refractivity contribution in [2.75, 3.05) is 0 Å². The number of hydrogen-bond donors (Lipinski definition) is 1. The average molecular weight is 191 g/mol. The van der Waals surface area contributed by atoms with Crippen LogP contribution in [0.15, 0.2) is 30.3 Å². The zero-order chi connectivity index (χ0) is 10.6. The number of allylic oxidation sites excluding steroid dienone is 1. The van der Waals surface area contributed by atoms with Crippen molar-refractivity contribution in [3.05, 3.63) is 41.7 Å². The van der Waals surface area contributed by atoms with Gasteiger partial charge in [0.25, 0.3) is 0 Å². The molecular weight excluding hydrogens is 185 g/mol. The third-order valence-electron chi connectivity index (χ3n) is 1.55. The van der Waals surface area contributed by atoms with Crippen LogP contribution in [-0.4, -0.2) is 11.1 Å². The Bertz CT molecular complexity index is 432. The fourth-order valence-electron chi connectivity index (χ4n) is 0.973. The Kier molecular flexibility index (Phi) is 2.97. The SMILES string of the molecule is N#C/C(=C/C(=O)O)c1ccccc1F. The first kappa shape index (κ1) is 9.93. The van der Waals surface area contributed by atoms with E-state index in [-0.39, 0.29) is 11.1 Å². The molecule has 0 spiro atoms. The molecule has 1 aromatic rings. The van der Waals surface area contributed by atoms with E-state index in [1.54, 1.807) is 6.07 Å². The maximum atomic E-state index is 13.1. The van der Waals surface area contributed by atoms with Gasteiger partial charge in [-0.3, -0.25) is 0 Å². The second-order valence-electron chi connectivity index (χ2n) is 2.49. The number of benzene rings is 1. The van der Waals surface area contributed by atoms with Crippen LogP contribution in [0.4, 0.5) is 4.39 Å². The first-order chi connectivity index (χ1) is 6.65. The van der Waals surface area contributed by atoms with Crippen molar-refractivity contribution in [1.82, 2.24) is 0 Å². The first-order valence-corrected chi connectivity index (χ1v) is 3.75. The summed E-state index contributed by atoms with van der Waals surface area (Å²) in [5, 5.41) is 17.0. The molecule has 1 rings (SSSR count). The molecule has 0 aromatic heterocycles. The van der Waals surface area contributed by atoms with Crippen molar-refractivity contribution in [1.29, 1.82) is 5.26 Å². The molecule has 70 valence electrons. The minimum Gasteiger partial charge on any atom is -0.478 e. The van der Waals surface area contributed by atoms with Gasteiger partial charge in [-0.15, -0.1) is 0 Å². The lowest BCUT2D eigenvalue weighted by Gasteiger charge is -1.98. The summed E-state index contributed by atoms with van der Waals surface area (Å²) in [4.78, 5) is 10.3. The van der Waals surface area contributed by atoms with Crippen LogP contribution in [0.3, 0.4) is 0 Å². The third-order valence-corrected chi connectivity index (χ3v) is 1.55. The van der Waals surface area contributed by atoms with E-state index in [9.17, 15) is 9.18 Å². The quantitative estimate of drug-likeness (QED) is 0.572. The van der Waals surface area contributed by atoms with Crippen molar-refractivity contribution in [2.45, 2.75) is 0 Å². The van der Waals surface area contributed by atoms with Gasteiger partial charge in [-0.05, 0) is 6.07 Å². The minimum atomic E-state index is -1.27. The summed E-state index contributed by atoms with van der Waals surface area (Å²) in [6, 6.07) is 7.15. The summed E-state index contributed by atoms with van der Waals surface area (Å²) in [5.74, 6) is -1.88. The van der Waals surface area contributed by atoms with E-state index < -0.39 is 11.8 Å². The van der Waals surface area contributed by atoms with Crippen LogP contribution in [0.5, 0.6) is 0 Å². The fourth-order valence-corrected chi connectivity index (χ4v) is 0.973. The topological polar surface area (TPSA) is 61.1 Å². The van der Waals surface area contributed by atoms with Crippen LogP contribution in [0.2, 0.25) is 0 Å². The van der Waals surface area contributed by atoms with Gasteiger partial charge < -0.3 is 5.11 Å². The average Bonchev–Trinajstić information content (AvgIpc) is 2.15. The minimum absolute atomic E-state index is 0.00241. The molecule has 1 aromatic carbocycles. The van der Waals surface area contributed by atoms with E-state index >= 15 is 0 Å². The Hall–Kier alpha value is -2.15. The largest absolute Gasteiger partial charge is 0.478 e. The van der Waals surface area contributed by atoms with E-state index in [0.717, 1.165) is 0 Å². The number of nitrogens with zero attached hydrogens (tertiary/aromatic N) is 1. The molecule has 3 nitrogen and oxygen atoms in total. The first-order valence-electron chi connectivity index (χ1n) is 3.75. The Morgan fingerprint density at radius 3 is 2.64 bits per heavy atom. The fraction of sp³-hybridized carbons (Fsp3) is 0. The third kappa shape index (κ3) is 2.17. The van der Waals surface area contributed by atoms with Gasteiger partial charge in [0.15, 0.2) is 0 Å². The molecular formula is C10H6FNO2. The van der Waals surface area contributed by atoms with Gasteiger partial charge in [-0.25, -0.2) is 9.18 Å². The predicted octanol–water partition coefficient (Wildman–Crippen LogP) is 1.82. The highest BCUT2D eigenvalue weighted by Gasteiger charge is 2.07. The zero-order valence-electron chi connectivity index (χ0n) is 7.07. The number of nitriles is 1. The van der Waals surface area contributed by atoms with Crippen molar-refractivity contribution < 1.29 is 14.3 Å². The van der Waals surface area contributed by atoms with Gasteiger partial charge in [0.1, 0.15) is 11.9 Å². The molecule has 0 bridgehead atoms. The molecule has 0 saturated heterocycles. The second kappa shape index (κ2) is 4.19. The summed E-state index contributed by atoms with van der Waals surface area (Å²) in [5.41, 5.74) is -0.201. The monoisotopic (exact) mass is 191 g/mol. The predicted molar refractivity (Wildman–Crippen MR) is 47.6 cm³/mol. The Morgan fingerprint density at radius 2 is 2.14 bits per heavy atom. The Labute approximate surface area is 79.7 Å². The highest BCUT2D eigenvalue weighted by molar-refractivity contribution is 5.94. The number of halogens is 1. The van der Waals surface area contributed by atoms with Crippen LogP contribution in [0.25, 0.3) is 5.57 Å². The van der Waals surface area contributed by atoms with Crippen LogP contribution < -0.4 is 0 Å². The molecule has 0 saturated carbocycles. The molecule has 0 aliphatic rings. The van der Waals surface area contributed by atoms with Crippen LogP contribution in [-0.2, 0) is 4.79 Å². The van der Waals surface area contributed by atoms with Gasteiger partial charge in [0.2, 0.25) is 0 Å². The van der Waals surface area contributed by atoms with E-state index in [4.69, 9.17) is 10.4 Å². The lowest BCUT2D eigenvalue weighted by atomic mass is 10.1. The molecule has 14 heavy (non-hydrogen) atoms. The number of carboxylic acid groups (broad SMARTS) is 1. The number of carboxylic acids is 1. The number of rotatable bonds is 2. The van der Waals surface area contributed by atoms with Crippen LogP contribution in [0, 0.1) is 17.1 Å². The van der Waals surface area contributed by atoms with Gasteiger partial charge >= 0.3 is 5.97 Å². The zero-order valence-corrected chi connectivity index (χ0v) is 7.07. The molecule has 0 fully saturated rings. The Balaban J connectivity index is 3.22. The molecule has 0 atom stereocenters. The highest BCUT2D eigenvalue weighted by atomic mass is 19.1. The highest BCUT2D eigenvalue weighted by Crippen LogP contribution is 2.16. The number of aliphatic carboxylic acids is 1. The van der Waals surface area contributed by atoms with Gasteiger partial charge in [0, 0.05) is 11.6 Å². The lowest BCUT2D eigenvalue weighted by molar-refractivity contribution is -0.131. The second-order valence-corrected chi connectivity index (χ2v) is 2.49. The summed E-state index contributed by atoms with van der Waals surface area (Å²) in [6.45, 7) is 0. The van der Waals surface area contributed by atoms with Crippen LogP contribution >= 0.6 is 0 Å². The molecule has 0 aliphatic heterocycles. The lowest BCUT2D eigenvalue weighted by Crippen LogP contribution is -1.93. The number of hydrogen-bond acceptors (Lipinski definition) is 2. The van der Waals surface area contributed by atoms with E-state index in [1.165, 1.54) is 24.3 Å². The molecule has 0 unspecified atom stereocenters. The number of carbonyl (C=O) groups is 1. The van der Waals surface area contributed by atoms with Crippen molar-refractivity contribution in [2.24, 2.45) is 0 Å².